The molecule has 4 fully saturated rings. The average Bonchev–Trinajstić information content (AvgIpc) is 2.40. The Morgan fingerprint density at radius 3 is 1.56 bits per heavy atom. The maximum atomic E-state index is 11.5. The van der Waals surface area contributed by atoms with E-state index in [-0.39, 0.29) is 0 Å². The first kappa shape index (κ1) is 19.9. The Bertz CT molecular complexity index is 423. The highest BCUT2D eigenvalue weighted by atomic mass is 28.4. The third kappa shape index (κ3) is 3.62. The summed E-state index contributed by atoms with van der Waals surface area (Å²) < 4.78 is 6.84. The fourth-order valence-corrected chi connectivity index (χ4v) is 13.5. The molecule has 1 N–H and O–H groups in total. The third-order valence-corrected chi connectivity index (χ3v) is 14.2. The molecule has 0 aromatic carbocycles. The molecule has 1 atom stereocenters. The molecule has 1 unspecified atom stereocenters. The van der Waals surface area contributed by atoms with Crippen molar-refractivity contribution in [2.75, 3.05) is 0 Å². The van der Waals surface area contributed by atoms with Gasteiger partial charge in [-0.15, -0.1) is 0 Å². The van der Waals surface area contributed by atoms with Crippen molar-refractivity contribution in [2.24, 2.45) is 23.2 Å². The second-order valence-electron chi connectivity index (χ2n) is 11.2. The lowest BCUT2D eigenvalue weighted by Gasteiger charge is -2.59. The van der Waals surface area contributed by atoms with Crippen molar-refractivity contribution < 1.29 is 9.53 Å². The molecule has 0 spiro atoms. The molecule has 4 bridgehead atoms. The van der Waals surface area contributed by atoms with Crippen LogP contribution < -0.4 is 0 Å². The van der Waals surface area contributed by atoms with E-state index < -0.39 is 14.1 Å². The van der Waals surface area contributed by atoms with Crippen LogP contribution in [0.3, 0.4) is 0 Å². The molecule has 25 heavy (non-hydrogen) atoms. The third-order valence-electron chi connectivity index (χ3n) is 7.97. The summed E-state index contributed by atoms with van der Waals surface area (Å²) in [6.45, 7) is 15.9. The van der Waals surface area contributed by atoms with E-state index in [9.17, 15) is 5.11 Å². The zero-order valence-electron chi connectivity index (χ0n) is 17.8. The van der Waals surface area contributed by atoms with Crippen LogP contribution in [-0.4, -0.2) is 19.2 Å². The quantitative estimate of drug-likeness (QED) is 0.412. The van der Waals surface area contributed by atoms with Gasteiger partial charge in [0.15, 0.2) is 5.79 Å². The number of hydrogen-bond acceptors (Lipinski definition) is 2. The maximum absolute atomic E-state index is 11.5. The molecule has 0 heterocycles. The minimum absolute atomic E-state index is 0.364. The normalized spacial score (nSPS) is 37.3. The minimum atomic E-state index is -2.05. The monoisotopic (exact) mass is 366 g/mol. The van der Waals surface area contributed by atoms with Gasteiger partial charge in [-0.2, -0.15) is 0 Å². The Hall–Kier alpha value is 0.137. The summed E-state index contributed by atoms with van der Waals surface area (Å²) >= 11 is 0. The molecule has 0 saturated heterocycles. The van der Waals surface area contributed by atoms with Gasteiger partial charge >= 0.3 is 0 Å². The summed E-state index contributed by atoms with van der Waals surface area (Å²) in [5, 5.41) is 11.5. The van der Waals surface area contributed by atoms with E-state index in [1.54, 1.807) is 0 Å². The van der Waals surface area contributed by atoms with E-state index in [1.807, 2.05) is 6.92 Å². The van der Waals surface area contributed by atoms with Gasteiger partial charge in [0.25, 0.3) is 0 Å². The van der Waals surface area contributed by atoms with Gasteiger partial charge in [0.1, 0.15) is 0 Å². The molecule has 0 aromatic heterocycles. The minimum Gasteiger partial charge on any atom is -0.389 e. The molecule has 3 heteroatoms. The summed E-state index contributed by atoms with van der Waals surface area (Å²) in [6, 6.07) is 0. The van der Waals surface area contributed by atoms with Crippen molar-refractivity contribution in [1.82, 2.24) is 0 Å². The molecule has 0 radical (unpaired) electrons. The van der Waals surface area contributed by atoms with E-state index in [0.717, 1.165) is 24.2 Å². The predicted octanol–water partition coefficient (Wildman–Crippen LogP) is 6.49. The zero-order valence-corrected chi connectivity index (χ0v) is 18.8. The van der Waals surface area contributed by atoms with Crippen LogP contribution in [0.1, 0.15) is 93.4 Å². The molecular weight excluding hydrogens is 324 g/mol. The standard InChI is InChI=1S/C22H42O2Si/c1-15(2)25(16(3)4,17(5)6)24-21(7,23)14-22-11-18-8-19(12-22)10-20(9-18)13-22/h15-20,23H,8-14H2,1-7H3. The smallest absolute Gasteiger partial charge is 0.204 e. The summed E-state index contributed by atoms with van der Waals surface area (Å²) in [5.41, 5.74) is 1.93. The maximum Gasteiger partial charge on any atom is 0.204 e. The van der Waals surface area contributed by atoms with Crippen LogP contribution >= 0.6 is 0 Å². The Morgan fingerprint density at radius 1 is 0.880 bits per heavy atom. The SMILES string of the molecule is CC(C)[Si](OC(C)(O)CC12CC3CC(CC(C3)C1)C2)(C(C)C)C(C)C. The number of rotatable bonds is 7. The highest BCUT2D eigenvalue weighted by Gasteiger charge is 2.55. The Morgan fingerprint density at radius 2 is 1.24 bits per heavy atom. The molecule has 0 aliphatic heterocycles. The van der Waals surface area contributed by atoms with Gasteiger partial charge < -0.3 is 9.53 Å². The van der Waals surface area contributed by atoms with Crippen LogP contribution in [0, 0.1) is 23.2 Å². The topological polar surface area (TPSA) is 29.5 Å². The second-order valence-corrected chi connectivity index (χ2v) is 16.6. The van der Waals surface area contributed by atoms with E-state index in [4.69, 9.17) is 4.43 Å². The van der Waals surface area contributed by atoms with Crippen molar-refractivity contribution in [1.29, 1.82) is 0 Å². The van der Waals surface area contributed by atoms with Crippen LogP contribution in [-0.2, 0) is 4.43 Å². The highest BCUT2D eigenvalue weighted by molar-refractivity contribution is 6.77. The van der Waals surface area contributed by atoms with Crippen LogP contribution in [0.15, 0.2) is 0 Å². The van der Waals surface area contributed by atoms with Crippen molar-refractivity contribution in [3.05, 3.63) is 0 Å². The van der Waals surface area contributed by atoms with Crippen molar-refractivity contribution in [3.8, 4) is 0 Å². The Kier molecular flexibility index (Phi) is 5.28. The molecule has 0 aromatic rings. The fourth-order valence-electron chi connectivity index (χ4n) is 7.97. The van der Waals surface area contributed by atoms with Gasteiger partial charge in [-0.3, -0.25) is 0 Å². The largest absolute Gasteiger partial charge is 0.389 e. The summed E-state index contributed by atoms with van der Waals surface area (Å²) in [7, 11) is -2.05. The molecule has 4 aliphatic carbocycles. The van der Waals surface area contributed by atoms with Gasteiger partial charge in [0.05, 0.1) is 0 Å². The van der Waals surface area contributed by atoms with Gasteiger partial charge in [-0.25, -0.2) is 0 Å². The van der Waals surface area contributed by atoms with Crippen LogP contribution in [0.25, 0.3) is 0 Å². The van der Waals surface area contributed by atoms with Gasteiger partial charge in [-0.05, 0) is 85.2 Å². The molecule has 146 valence electrons. The van der Waals surface area contributed by atoms with E-state index in [2.05, 4.69) is 41.5 Å². The zero-order chi connectivity index (χ0) is 18.6. The number of hydrogen-bond donors (Lipinski definition) is 1. The summed E-state index contributed by atoms with van der Waals surface area (Å²) in [5.74, 6) is 1.84. The number of aliphatic hydroxyl groups is 1. The fraction of sp³-hybridized carbons (Fsp3) is 1.00. The Balaban J connectivity index is 1.79. The summed E-state index contributed by atoms with van der Waals surface area (Å²) in [4.78, 5) is 0. The lowest BCUT2D eigenvalue weighted by molar-refractivity contribution is -0.185. The van der Waals surface area contributed by atoms with Gasteiger partial charge in [0, 0.05) is 6.42 Å². The molecule has 2 nitrogen and oxygen atoms in total. The van der Waals surface area contributed by atoms with Crippen molar-refractivity contribution in [2.45, 2.75) is 116 Å². The molecule has 4 saturated carbocycles. The predicted molar refractivity (Wildman–Crippen MR) is 108 cm³/mol. The molecule has 0 amide bonds. The lowest BCUT2D eigenvalue weighted by Crippen LogP contribution is -2.56. The van der Waals surface area contributed by atoms with E-state index >= 15 is 0 Å². The Labute approximate surface area is 157 Å². The highest BCUT2D eigenvalue weighted by Crippen LogP contribution is 2.62. The van der Waals surface area contributed by atoms with Gasteiger partial charge in [0.2, 0.25) is 8.32 Å². The lowest BCUT2D eigenvalue weighted by atomic mass is 9.48. The van der Waals surface area contributed by atoms with Crippen molar-refractivity contribution in [3.63, 3.8) is 0 Å². The van der Waals surface area contributed by atoms with Gasteiger partial charge in [-0.1, -0.05) is 41.5 Å². The first-order valence-electron chi connectivity index (χ1n) is 10.9. The molecule has 4 rings (SSSR count). The van der Waals surface area contributed by atoms with Crippen LogP contribution in [0.4, 0.5) is 0 Å². The molecule has 4 aliphatic rings. The summed E-state index contributed by atoms with van der Waals surface area (Å²) in [6.07, 6.45) is 9.29. The van der Waals surface area contributed by atoms with Crippen LogP contribution in [0.2, 0.25) is 16.6 Å². The first-order chi connectivity index (χ1) is 11.5. The second kappa shape index (κ2) is 6.63. The first-order valence-corrected chi connectivity index (χ1v) is 13.0. The van der Waals surface area contributed by atoms with Crippen molar-refractivity contribution >= 4 is 8.32 Å². The van der Waals surface area contributed by atoms with E-state index in [1.165, 1.54) is 38.5 Å². The average molecular weight is 367 g/mol. The van der Waals surface area contributed by atoms with Crippen LogP contribution in [0.5, 0.6) is 0 Å². The molecular formula is C22H42O2Si. The van der Waals surface area contributed by atoms with E-state index in [0.29, 0.717) is 22.0 Å².